The molecule has 0 bridgehead atoms. The van der Waals surface area contributed by atoms with E-state index in [2.05, 4.69) is 23.5 Å². The van der Waals surface area contributed by atoms with Gasteiger partial charge in [-0.1, -0.05) is 32.9 Å². The van der Waals surface area contributed by atoms with Crippen LogP contribution < -0.4 is 9.46 Å². The highest BCUT2D eigenvalue weighted by Crippen LogP contribution is 2.41. The summed E-state index contributed by atoms with van der Waals surface area (Å²) in [7, 11) is -2.20. The van der Waals surface area contributed by atoms with Gasteiger partial charge in [-0.2, -0.15) is 0 Å². The van der Waals surface area contributed by atoms with E-state index in [1.165, 1.54) is 0 Å². The predicted molar refractivity (Wildman–Crippen MR) is 141 cm³/mol. The molecule has 2 aromatic carbocycles. The van der Waals surface area contributed by atoms with Gasteiger partial charge in [0.15, 0.2) is 0 Å². The van der Waals surface area contributed by atoms with Crippen LogP contribution in [0.25, 0.3) is 0 Å². The number of sulfonamides is 1. The Morgan fingerprint density at radius 2 is 1.69 bits per heavy atom. The molecule has 0 unspecified atom stereocenters. The first kappa shape index (κ1) is 28.1. The van der Waals surface area contributed by atoms with Gasteiger partial charge >= 0.3 is 0 Å². The van der Waals surface area contributed by atoms with Crippen molar-refractivity contribution in [3.8, 4) is 5.75 Å². The fourth-order valence-electron chi connectivity index (χ4n) is 4.35. The molecule has 2 aromatic rings. The van der Waals surface area contributed by atoms with Gasteiger partial charge in [-0.3, -0.25) is 4.79 Å². The first-order valence-corrected chi connectivity index (χ1v) is 14.0. The molecule has 0 saturated heterocycles. The Bertz CT molecular complexity index is 1160. The van der Waals surface area contributed by atoms with Crippen molar-refractivity contribution in [1.29, 1.82) is 0 Å². The second kappa shape index (κ2) is 11.3. The summed E-state index contributed by atoms with van der Waals surface area (Å²) in [5.74, 6) is 0.253. The molecular weight excluding hydrogens is 478 g/mol. The number of ether oxygens (including phenoxy) is 1. The monoisotopic (exact) mass is 517 g/mol. The highest BCUT2D eigenvalue weighted by molar-refractivity contribution is 7.89. The van der Waals surface area contributed by atoms with Crippen LogP contribution >= 0.6 is 0 Å². The molecule has 3 rings (SSSR count). The molecule has 1 heterocycles. The molecule has 1 amide bonds. The third-order valence-corrected chi connectivity index (χ3v) is 8.37. The Hall–Kier alpha value is -2.46. The zero-order chi connectivity index (χ0) is 26.7. The van der Waals surface area contributed by atoms with Crippen LogP contribution in [0.15, 0.2) is 47.4 Å². The first-order chi connectivity index (χ1) is 16.9. The van der Waals surface area contributed by atoms with Gasteiger partial charge in [0, 0.05) is 31.3 Å². The average Bonchev–Trinajstić information content (AvgIpc) is 2.86. The maximum Gasteiger partial charge on any atom is 0.253 e. The topological polar surface area (TPSA) is 99.2 Å². The molecule has 2 atom stereocenters. The van der Waals surface area contributed by atoms with Crippen molar-refractivity contribution in [2.24, 2.45) is 0 Å². The van der Waals surface area contributed by atoms with E-state index in [0.717, 1.165) is 31.6 Å². The normalized spacial score (nSPS) is 19.0. The third-order valence-electron chi connectivity index (χ3n) is 6.91. The van der Waals surface area contributed by atoms with Gasteiger partial charge in [-0.15, -0.1) is 0 Å². The number of carbonyl (C=O) groups is 1. The number of benzene rings is 2. The second-order valence-corrected chi connectivity index (χ2v) is 11.5. The van der Waals surface area contributed by atoms with Crippen molar-refractivity contribution in [1.82, 2.24) is 14.5 Å². The van der Waals surface area contributed by atoms with Crippen LogP contribution in [-0.4, -0.2) is 74.2 Å². The van der Waals surface area contributed by atoms with Crippen molar-refractivity contribution >= 4 is 15.9 Å². The van der Waals surface area contributed by atoms with Gasteiger partial charge in [0.25, 0.3) is 5.91 Å². The fourth-order valence-corrected chi connectivity index (χ4v) is 5.57. The summed E-state index contributed by atoms with van der Waals surface area (Å²) in [6.45, 7) is 12.7. The van der Waals surface area contributed by atoms with Crippen molar-refractivity contribution in [2.75, 3.05) is 33.2 Å². The number of aryl methyl sites for hydroxylation is 1. The molecule has 2 N–H and O–H groups in total. The zero-order valence-corrected chi connectivity index (χ0v) is 22.9. The van der Waals surface area contributed by atoms with Gasteiger partial charge in [-0.25, -0.2) is 13.1 Å². The SMILES string of the molecule is CCc1ccc(S(=O)(=O)N[C@@H]2c3cc(C(=O)N(C)CCN(CC)CC)ccc3OC(C)(C)[C@H]2O)cc1. The Morgan fingerprint density at radius 1 is 1.06 bits per heavy atom. The van der Waals surface area contributed by atoms with E-state index in [1.807, 2.05) is 6.92 Å². The highest BCUT2D eigenvalue weighted by Gasteiger charge is 2.45. The van der Waals surface area contributed by atoms with Crippen LogP contribution in [0.4, 0.5) is 0 Å². The molecule has 0 aromatic heterocycles. The molecule has 36 heavy (non-hydrogen) atoms. The van der Waals surface area contributed by atoms with E-state index in [1.54, 1.807) is 68.3 Å². The maximum absolute atomic E-state index is 13.3. The van der Waals surface area contributed by atoms with Gasteiger partial charge in [0.1, 0.15) is 17.5 Å². The minimum atomic E-state index is -3.95. The first-order valence-electron chi connectivity index (χ1n) is 12.5. The number of nitrogens with one attached hydrogen (secondary N) is 1. The summed E-state index contributed by atoms with van der Waals surface area (Å²) in [5, 5.41) is 11.1. The Kier molecular flexibility index (Phi) is 8.82. The molecule has 198 valence electrons. The summed E-state index contributed by atoms with van der Waals surface area (Å²) in [4.78, 5) is 17.2. The molecular formula is C27H39N3O5S. The zero-order valence-electron chi connectivity index (χ0n) is 22.1. The smallest absolute Gasteiger partial charge is 0.253 e. The standard InChI is InChI=1S/C27H39N3O5S/c1-7-19-10-13-21(14-11-19)36(33,34)28-24-22-18-20(12-15-23(22)35-27(4,5)25(24)31)26(32)29(6)16-17-30(8-2)9-3/h10-15,18,24-25,28,31H,7-9,16-17H2,1-6H3/t24-,25+/m1/s1. The van der Waals surface area contributed by atoms with Crippen LogP contribution in [0.2, 0.25) is 0 Å². The van der Waals surface area contributed by atoms with Crippen LogP contribution in [0.5, 0.6) is 5.75 Å². The Morgan fingerprint density at radius 3 is 2.28 bits per heavy atom. The van der Waals surface area contributed by atoms with E-state index in [-0.39, 0.29) is 10.8 Å². The Balaban J connectivity index is 1.92. The van der Waals surface area contributed by atoms with Gasteiger partial charge in [0.2, 0.25) is 10.0 Å². The molecule has 8 nitrogen and oxygen atoms in total. The molecule has 1 aliphatic rings. The number of carbonyl (C=O) groups excluding carboxylic acids is 1. The van der Waals surface area contributed by atoms with E-state index in [9.17, 15) is 18.3 Å². The van der Waals surface area contributed by atoms with Crippen molar-refractivity contribution in [2.45, 2.75) is 63.7 Å². The molecule has 0 saturated carbocycles. The van der Waals surface area contributed by atoms with Crippen LogP contribution in [0, 0.1) is 0 Å². The van der Waals surface area contributed by atoms with E-state index < -0.39 is 27.8 Å². The van der Waals surface area contributed by atoms with E-state index in [4.69, 9.17) is 4.74 Å². The summed E-state index contributed by atoms with van der Waals surface area (Å²) in [6.07, 6.45) is -0.380. The largest absolute Gasteiger partial charge is 0.485 e. The van der Waals surface area contributed by atoms with E-state index in [0.29, 0.717) is 23.4 Å². The summed E-state index contributed by atoms with van der Waals surface area (Å²) in [5.41, 5.74) is 0.819. The highest BCUT2D eigenvalue weighted by atomic mass is 32.2. The number of amides is 1. The number of aliphatic hydroxyl groups is 1. The fraction of sp³-hybridized carbons (Fsp3) is 0.519. The molecule has 0 aliphatic carbocycles. The summed E-state index contributed by atoms with van der Waals surface area (Å²) < 4.78 is 35.2. The lowest BCUT2D eigenvalue weighted by Gasteiger charge is -2.42. The number of fused-ring (bicyclic) bond motifs is 1. The molecule has 0 fully saturated rings. The number of nitrogens with zero attached hydrogens (tertiary/aromatic N) is 2. The number of rotatable bonds is 10. The predicted octanol–water partition coefficient (Wildman–Crippen LogP) is 3.21. The molecule has 0 radical (unpaired) electrons. The van der Waals surface area contributed by atoms with Crippen molar-refractivity contribution in [3.05, 3.63) is 59.2 Å². The minimum absolute atomic E-state index is 0.112. The van der Waals surface area contributed by atoms with Crippen molar-refractivity contribution < 1.29 is 23.1 Å². The van der Waals surface area contributed by atoms with Gasteiger partial charge in [0.05, 0.1) is 10.9 Å². The minimum Gasteiger partial charge on any atom is -0.485 e. The van der Waals surface area contributed by atoms with Gasteiger partial charge < -0.3 is 19.6 Å². The van der Waals surface area contributed by atoms with Crippen LogP contribution in [0.3, 0.4) is 0 Å². The number of aliphatic hydroxyl groups excluding tert-OH is 1. The molecule has 9 heteroatoms. The number of hydrogen-bond acceptors (Lipinski definition) is 6. The Labute approximate surface area is 215 Å². The van der Waals surface area contributed by atoms with E-state index >= 15 is 0 Å². The summed E-state index contributed by atoms with van der Waals surface area (Å²) in [6, 6.07) is 10.7. The number of likely N-dealkylation sites (N-methyl/N-ethyl adjacent to an activating group) is 2. The molecule has 0 spiro atoms. The third kappa shape index (κ3) is 6.08. The quantitative estimate of drug-likeness (QED) is 0.502. The van der Waals surface area contributed by atoms with Gasteiger partial charge in [-0.05, 0) is 69.3 Å². The molecule has 1 aliphatic heterocycles. The lowest BCUT2D eigenvalue weighted by molar-refractivity contribution is -0.0603. The van der Waals surface area contributed by atoms with Crippen LogP contribution in [-0.2, 0) is 16.4 Å². The van der Waals surface area contributed by atoms with Crippen molar-refractivity contribution in [3.63, 3.8) is 0 Å². The maximum atomic E-state index is 13.3. The number of hydrogen-bond donors (Lipinski definition) is 2. The second-order valence-electron chi connectivity index (χ2n) is 9.75. The lowest BCUT2D eigenvalue weighted by Crippen LogP contribution is -2.53. The lowest BCUT2D eigenvalue weighted by atomic mass is 9.86. The van der Waals surface area contributed by atoms with Crippen LogP contribution in [0.1, 0.15) is 62.1 Å². The average molecular weight is 518 g/mol. The summed E-state index contributed by atoms with van der Waals surface area (Å²) >= 11 is 0.